The van der Waals surface area contributed by atoms with Crippen LogP contribution in [0, 0.1) is 0 Å². The number of hydrogen-bond acceptors (Lipinski definition) is 2. The van der Waals surface area contributed by atoms with Crippen LogP contribution in [0.5, 0.6) is 0 Å². The lowest BCUT2D eigenvalue weighted by atomic mass is 10.0. The molecule has 0 bridgehead atoms. The first-order valence-electron chi connectivity index (χ1n) is 15.5. The molecule has 0 saturated heterocycles. The molecule has 2 aliphatic rings. The van der Waals surface area contributed by atoms with Gasteiger partial charge in [-0.1, -0.05) is 134 Å². The van der Waals surface area contributed by atoms with E-state index in [1.165, 1.54) is 65.0 Å². The summed E-state index contributed by atoms with van der Waals surface area (Å²) in [5.74, 6) is 0. The normalized spacial score (nSPS) is 15.5. The number of rotatable bonds is 3. The molecule has 44 heavy (non-hydrogen) atoms. The van der Waals surface area contributed by atoms with E-state index in [0.717, 1.165) is 0 Å². The van der Waals surface area contributed by atoms with Gasteiger partial charge >= 0.3 is 0 Å². The standard InChI is InChI=1S/C40H36N2Si2/c1-41-34-20-12-14-22-39(34)44(31-15-7-5-8-16-31,32-17-9-6-10-18-32)40-28-30(23-25-35(40)41)29-24-26-38-36(27-29)42(2)33-19-11-13-21-37(33)43(38,3)4/h5-28H,1-4H3. The molecular weight excluding hydrogens is 565 g/mol. The fraction of sp³-hybridized carbons (Fsp3) is 0.100. The quantitative estimate of drug-likeness (QED) is 0.240. The highest BCUT2D eigenvalue weighted by atomic mass is 28.3. The van der Waals surface area contributed by atoms with Gasteiger partial charge in [0, 0.05) is 36.8 Å². The number of hydrogen-bond donors (Lipinski definition) is 0. The smallest absolute Gasteiger partial charge is 0.184 e. The van der Waals surface area contributed by atoms with Crippen molar-refractivity contribution >= 4 is 70.0 Å². The lowest BCUT2D eigenvalue weighted by Gasteiger charge is -2.44. The molecule has 0 saturated carbocycles. The number of fused-ring (bicyclic) bond motifs is 4. The fourth-order valence-electron chi connectivity index (χ4n) is 7.92. The van der Waals surface area contributed by atoms with E-state index in [1.54, 1.807) is 0 Å². The molecule has 0 aromatic heterocycles. The first-order chi connectivity index (χ1) is 21.4. The van der Waals surface area contributed by atoms with Crippen molar-refractivity contribution in [2.45, 2.75) is 13.1 Å². The highest BCUT2D eigenvalue weighted by Crippen LogP contribution is 2.36. The molecule has 2 heterocycles. The topological polar surface area (TPSA) is 6.48 Å². The highest BCUT2D eigenvalue weighted by molar-refractivity contribution is 7.21. The van der Waals surface area contributed by atoms with Gasteiger partial charge in [-0.15, -0.1) is 0 Å². The summed E-state index contributed by atoms with van der Waals surface area (Å²) in [7, 11) is -0.00779. The predicted octanol–water partition coefficient (Wildman–Crippen LogP) is 5.72. The first-order valence-corrected chi connectivity index (χ1v) is 20.5. The summed E-state index contributed by atoms with van der Waals surface area (Å²) in [5.41, 5.74) is 7.82. The molecule has 0 unspecified atom stereocenters. The Bertz CT molecular complexity index is 2000. The summed E-state index contributed by atoms with van der Waals surface area (Å²) in [6.45, 7) is 4.98. The average Bonchev–Trinajstić information content (AvgIpc) is 3.08. The Balaban J connectivity index is 1.38. The summed E-state index contributed by atoms with van der Waals surface area (Å²) in [5, 5.41) is 8.74. The van der Waals surface area contributed by atoms with Crippen LogP contribution in [-0.2, 0) is 0 Å². The van der Waals surface area contributed by atoms with Gasteiger partial charge in [-0.05, 0) is 66.5 Å². The number of benzene rings is 6. The third-order valence-electron chi connectivity index (χ3n) is 10.1. The summed E-state index contributed by atoms with van der Waals surface area (Å²) in [6, 6.07) is 55.0. The zero-order valence-electron chi connectivity index (χ0n) is 25.8. The van der Waals surface area contributed by atoms with Crippen molar-refractivity contribution in [3.8, 4) is 11.1 Å². The maximum atomic E-state index is 2.52. The minimum absolute atomic E-state index is 1.27. The molecule has 0 atom stereocenters. The average molecular weight is 601 g/mol. The summed E-state index contributed by atoms with van der Waals surface area (Å²) in [4.78, 5) is 4.80. The summed E-state index contributed by atoms with van der Waals surface area (Å²) >= 11 is 0. The van der Waals surface area contributed by atoms with E-state index < -0.39 is 16.1 Å². The Hall–Kier alpha value is -4.65. The van der Waals surface area contributed by atoms with E-state index in [0.29, 0.717) is 0 Å². The van der Waals surface area contributed by atoms with Crippen LogP contribution in [0.1, 0.15) is 0 Å². The molecule has 0 fully saturated rings. The van der Waals surface area contributed by atoms with Crippen molar-refractivity contribution in [3.05, 3.63) is 146 Å². The Kier molecular flexibility index (Phi) is 6.09. The van der Waals surface area contributed by atoms with Crippen LogP contribution >= 0.6 is 0 Å². The van der Waals surface area contributed by atoms with Crippen molar-refractivity contribution in [1.82, 2.24) is 0 Å². The van der Waals surface area contributed by atoms with Gasteiger partial charge in [0.25, 0.3) is 0 Å². The van der Waals surface area contributed by atoms with Gasteiger partial charge < -0.3 is 9.80 Å². The third kappa shape index (κ3) is 3.71. The lowest BCUT2D eigenvalue weighted by molar-refractivity contribution is 1.21. The molecule has 0 amide bonds. The Morgan fingerprint density at radius 1 is 0.386 bits per heavy atom. The first kappa shape index (κ1) is 26.9. The van der Waals surface area contributed by atoms with Crippen molar-refractivity contribution in [3.63, 3.8) is 0 Å². The summed E-state index contributed by atoms with van der Waals surface area (Å²) in [6.07, 6.45) is 0. The predicted molar refractivity (Wildman–Crippen MR) is 195 cm³/mol. The van der Waals surface area contributed by atoms with E-state index in [4.69, 9.17) is 0 Å². The monoisotopic (exact) mass is 600 g/mol. The van der Waals surface area contributed by atoms with Gasteiger partial charge in [0.2, 0.25) is 0 Å². The molecule has 6 aromatic carbocycles. The molecule has 6 aromatic rings. The number of anilines is 4. The number of nitrogens with zero attached hydrogens (tertiary/aromatic N) is 2. The van der Waals surface area contributed by atoms with Crippen molar-refractivity contribution in [2.24, 2.45) is 0 Å². The van der Waals surface area contributed by atoms with Gasteiger partial charge in [-0.2, -0.15) is 0 Å². The Morgan fingerprint density at radius 2 is 0.841 bits per heavy atom. The van der Waals surface area contributed by atoms with Crippen molar-refractivity contribution in [1.29, 1.82) is 0 Å². The van der Waals surface area contributed by atoms with Crippen LogP contribution in [-0.4, -0.2) is 30.2 Å². The molecule has 0 aliphatic carbocycles. The Morgan fingerprint density at radius 3 is 1.50 bits per heavy atom. The fourth-order valence-corrected chi connectivity index (χ4v) is 16.2. The van der Waals surface area contributed by atoms with Gasteiger partial charge in [-0.3, -0.25) is 0 Å². The second-order valence-corrected chi connectivity index (χ2v) is 20.8. The molecule has 4 heteroatoms. The van der Waals surface area contributed by atoms with E-state index >= 15 is 0 Å². The third-order valence-corrected chi connectivity index (χ3v) is 18.5. The van der Waals surface area contributed by atoms with Crippen LogP contribution in [0.2, 0.25) is 13.1 Å². The molecule has 8 rings (SSSR count). The molecule has 0 N–H and O–H groups in total. The zero-order chi connectivity index (χ0) is 30.1. The van der Waals surface area contributed by atoms with Crippen LogP contribution < -0.4 is 40.9 Å². The molecule has 0 radical (unpaired) electrons. The molecular formula is C40H36N2Si2. The van der Waals surface area contributed by atoms with Crippen LogP contribution in [0.15, 0.2) is 146 Å². The number of para-hydroxylation sites is 2. The van der Waals surface area contributed by atoms with Crippen LogP contribution in [0.3, 0.4) is 0 Å². The van der Waals surface area contributed by atoms with E-state index in [9.17, 15) is 0 Å². The van der Waals surface area contributed by atoms with E-state index in [2.05, 4.69) is 183 Å². The summed E-state index contributed by atoms with van der Waals surface area (Å²) < 4.78 is 0. The molecule has 2 nitrogen and oxygen atoms in total. The Labute approximate surface area is 262 Å². The van der Waals surface area contributed by atoms with E-state index in [-0.39, 0.29) is 0 Å². The minimum atomic E-state index is -2.64. The van der Waals surface area contributed by atoms with Gasteiger partial charge in [-0.25, -0.2) is 0 Å². The molecule has 214 valence electrons. The second-order valence-electron chi connectivity index (χ2n) is 12.7. The SMILES string of the molecule is CN1c2ccccc2[Si](C)(C)c2ccc(-c3ccc4c(c3)[Si](c3ccccc3)(c3ccccc3)c3ccccc3N4C)cc21. The van der Waals surface area contributed by atoms with Gasteiger partial charge in [0.15, 0.2) is 8.07 Å². The van der Waals surface area contributed by atoms with Gasteiger partial charge in [0.05, 0.1) is 0 Å². The minimum Gasteiger partial charge on any atom is -0.345 e. The van der Waals surface area contributed by atoms with Crippen molar-refractivity contribution in [2.75, 3.05) is 23.9 Å². The maximum absolute atomic E-state index is 2.64. The van der Waals surface area contributed by atoms with Crippen molar-refractivity contribution < 1.29 is 0 Å². The molecule has 2 aliphatic heterocycles. The van der Waals surface area contributed by atoms with E-state index in [1.807, 2.05) is 0 Å². The second kappa shape index (κ2) is 9.95. The maximum Gasteiger partial charge on any atom is 0.184 e. The lowest BCUT2D eigenvalue weighted by Crippen LogP contribution is -2.77. The molecule has 0 spiro atoms. The van der Waals surface area contributed by atoms with Gasteiger partial charge in [0.1, 0.15) is 8.07 Å². The largest absolute Gasteiger partial charge is 0.345 e. The zero-order valence-corrected chi connectivity index (χ0v) is 27.8. The van der Waals surface area contributed by atoms with Crippen LogP contribution in [0.25, 0.3) is 11.1 Å². The highest BCUT2D eigenvalue weighted by Gasteiger charge is 2.48. The van der Waals surface area contributed by atoms with Crippen LogP contribution in [0.4, 0.5) is 22.7 Å².